The van der Waals surface area contributed by atoms with Gasteiger partial charge in [0, 0.05) is 24.1 Å². The van der Waals surface area contributed by atoms with Crippen molar-refractivity contribution < 1.29 is 27.2 Å². The second-order valence-corrected chi connectivity index (χ2v) is 6.37. The molecule has 0 saturated heterocycles. The summed E-state index contributed by atoms with van der Waals surface area (Å²) >= 11 is 0. The summed E-state index contributed by atoms with van der Waals surface area (Å²) in [5, 5.41) is 4.93. The van der Waals surface area contributed by atoms with Crippen LogP contribution in [0.3, 0.4) is 0 Å². The quantitative estimate of drug-likeness (QED) is 0.614. The van der Waals surface area contributed by atoms with Crippen molar-refractivity contribution in [3.05, 3.63) is 78.3 Å². The van der Waals surface area contributed by atoms with Gasteiger partial charge in [-0.25, -0.2) is 0 Å². The summed E-state index contributed by atoms with van der Waals surface area (Å²) in [5.74, 6) is -1.01. The third-order valence-corrected chi connectivity index (χ3v) is 4.31. The van der Waals surface area contributed by atoms with Gasteiger partial charge in [0.1, 0.15) is 6.26 Å². The van der Waals surface area contributed by atoms with E-state index in [9.17, 15) is 22.8 Å². The second kappa shape index (κ2) is 8.73. The highest BCUT2D eigenvalue weighted by atomic mass is 19.4. The van der Waals surface area contributed by atoms with Crippen molar-refractivity contribution in [1.29, 1.82) is 0 Å². The van der Waals surface area contributed by atoms with E-state index in [2.05, 4.69) is 10.6 Å². The molecule has 0 radical (unpaired) electrons. The van der Waals surface area contributed by atoms with Gasteiger partial charge in [0.25, 0.3) is 5.91 Å². The third kappa shape index (κ3) is 4.99. The lowest BCUT2D eigenvalue weighted by atomic mass is 10.1. The Hall–Kier alpha value is -3.75. The lowest BCUT2D eigenvalue weighted by Crippen LogP contribution is -2.32. The maximum Gasteiger partial charge on any atom is 0.418 e. The standard InChI is InChI=1S/C21H18F3N3O3/c1-27(16-5-3-2-4-6-16)19(28)12-25-18-8-7-15(11-17(18)21(22,23)24)26-20(29)14-9-10-30-13-14/h2-11,13,25H,12H2,1H3,(H,26,29). The molecule has 3 rings (SSSR count). The van der Waals surface area contributed by atoms with Crippen molar-refractivity contribution in [2.75, 3.05) is 29.1 Å². The summed E-state index contributed by atoms with van der Waals surface area (Å²) < 4.78 is 45.4. The molecule has 2 N–H and O–H groups in total. The number of alkyl halides is 3. The van der Waals surface area contributed by atoms with E-state index in [4.69, 9.17) is 4.42 Å². The molecule has 0 saturated carbocycles. The highest BCUT2D eigenvalue weighted by Crippen LogP contribution is 2.36. The molecule has 0 atom stereocenters. The highest BCUT2D eigenvalue weighted by Gasteiger charge is 2.34. The number of anilines is 3. The van der Waals surface area contributed by atoms with E-state index in [0.29, 0.717) is 5.69 Å². The molecule has 0 fully saturated rings. The van der Waals surface area contributed by atoms with Crippen molar-refractivity contribution >= 4 is 28.9 Å². The number of amides is 2. The number of rotatable bonds is 6. The van der Waals surface area contributed by atoms with Crippen LogP contribution in [0.25, 0.3) is 0 Å². The zero-order valence-corrected chi connectivity index (χ0v) is 15.9. The second-order valence-electron chi connectivity index (χ2n) is 6.37. The predicted molar refractivity (Wildman–Crippen MR) is 106 cm³/mol. The Bertz CT molecular complexity index is 1020. The fraction of sp³-hybridized carbons (Fsp3) is 0.143. The summed E-state index contributed by atoms with van der Waals surface area (Å²) in [7, 11) is 1.54. The molecule has 1 aromatic heterocycles. The van der Waals surface area contributed by atoms with Gasteiger partial charge in [0.15, 0.2) is 0 Å². The molecule has 0 unspecified atom stereocenters. The van der Waals surface area contributed by atoms with E-state index in [1.54, 1.807) is 37.4 Å². The molecule has 30 heavy (non-hydrogen) atoms. The first-order valence-electron chi connectivity index (χ1n) is 8.86. The monoisotopic (exact) mass is 417 g/mol. The number of para-hydroxylation sites is 1. The number of nitrogens with zero attached hydrogens (tertiary/aromatic N) is 1. The van der Waals surface area contributed by atoms with Crippen molar-refractivity contribution in [3.63, 3.8) is 0 Å². The van der Waals surface area contributed by atoms with Gasteiger partial charge in [-0.3, -0.25) is 9.59 Å². The van der Waals surface area contributed by atoms with Crippen molar-refractivity contribution in [2.45, 2.75) is 6.18 Å². The average molecular weight is 417 g/mol. The van der Waals surface area contributed by atoms with Crippen LogP contribution in [0, 0.1) is 0 Å². The first-order chi connectivity index (χ1) is 14.3. The molecule has 6 nitrogen and oxygen atoms in total. The average Bonchev–Trinajstić information content (AvgIpc) is 3.27. The number of furan rings is 1. The zero-order valence-electron chi connectivity index (χ0n) is 15.9. The van der Waals surface area contributed by atoms with Crippen LogP contribution in [0.1, 0.15) is 15.9 Å². The summed E-state index contributed by atoms with van der Waals surface area (Å²) in [5.41, 5.74) is -0.494. The molecule has 2 aromatic carbocycles. The molecule has 0 aliphatic heterocycles. The van der Waals surface area contributed by atoms with Gasteiger partial charge in [0.05, 0.1) is 23.9 Å². The minimum atomic E-state index is -4.69. The first-order valence-corrected chi connectivity index (χ1v) is 8.86. The SMILES string of the molecule is CN(C(=O)CNc1ccc(NC(=O)c2ccoc2)cc1C(F)(F)F)c1ccccc1. The Kier molecular flexibility index (Phi) is 6.10. The van der Waals surface area contributed by atoms with Crippen molar-refractivity contribution in [3.8, 4) is 0 Å². The number of nitrogens with one attached hydrogen (secondary N) is 2. The van der Waals surface area contributed by atoms with Crippen molar-refractivity contribution in [1.82, 2.24) is 0 Å². The van der Waals surface area contributed by atoms with Crippen LogP contribution in [-0.4, -0.2) is 25.4 Å². The Morgan fingerprint density at radius 3 is 2.43 bits per heavy atom. The van der Waals surface area contributed by atoms with E-state index in [0.717, 1.165) is 6.07 Å². The van der Waals surface area contributed by atoms with Gasteiger partial charge >= 0.3 is 6.18 Å². The highest BCUT2D eigenvalue weighted by molar-refractivity contribution is 6.04. The van der Waals surface area contributed by atoms with Crippen LogP contribution in [0.15, 0.2) is 71.5 Å². The fourth-order valence-corrected chi connectivity index (χ4v) is 2.69. The molecule has 0 spiro atoms. The first kappa shape index (κ1) is 21.0. The van der Waals surface area contributed by atoms with Crippen molar-refractivity contribution in [2.24, 2.45) is 0 Å². The number of carbonyl (C=O) groups is 2. The lowest BCUT2D eigenvalue weighted by molar-refractivity contribution is -0.137. The normalized spacial score (nSPS) is 11.1. The molecule has 156 valence electrons. The van der Waals surface area contributed by atoms with Crippen LogP contribution >= 0.6 is 0 Å². The van der Waals surface area contributed by atoms with Crippen LogP contribution in [-0.2, 0) is 11.0 Å². The smallest absolute Gasteiger partial charge is 0.418 e. The maximum absolute atomic E-state index is 13.5. The van der Waals surface area contributed by atoms with Crippen LogP contribution in [0.2, 0.25) is 0 Å². The Balaban J connectivity index is 1.74. The number of benzene rings is 2. The number of hydrogen-bond donors (Lipinski definition) is 2. The lowest BCUT2D eigenvalue weighted by Gasteiger charge is -2.20. The molecule has 0 bridgehead atoms. The molecule has 0 aliphatic carbocycles. The molecular weight excluding hydrogens is 399 g/mol. The van der Waals surface area contributed by atoms with Crippen LogP contribution in [0.5, 0.6) is 0 Å². The Morgan fingerprint density at radius 1 is 1.07 bits per heavy atom. The molecule has 9 heteroatoms. The summed E-state index contributed by atoms with van der Waals surface area (Å²) in [4.78, 5) is 25.7. The van der Waals surface area contributed by atoms with E-state index in [1.807, 2.05) is 0 Å². The van der Waals surface area contributed by atoms with Gasteiger partial charge < -0.3 is 20.0 Å². The van der Waals surface area contributed by atoms with Crippen LogP contribution < -0.4 is 15.5 Å². The van der Waals surface area contributed by atoms with Gasteiger partial charge in [-0.2, -0.15) is 13.2 Å². The minimum Gasteiger partial charge on any atom is -0.472 e. The van der Waals surface area contributed by atoms with Gasteiger partial charge in [-0.15, -0.1) is 0 Å². The Morgan fingerprint density at radius 2 is 1.80 bits per heavy atom. The van der Waals surface area contributed by atoms with E-state index >= 15 is 0 Å². The molecule has 0 aliphatic rings. The van der Waals surface area contributed by atoms with Crippen LogP contribution in [0.4, 0.5) is 30.2 Å². The molecular formula is C21H18F3N3O3. The van der Waals surface area contributed by atoms with Gasteiger partial charge in [-0.05, 0) is 36.4 Å². The van der Waals surface area contributed by atoms with E-state index in [-0.39, 0.29) is 23.5 Å². The largest absolute Gasteiger partial charge is 0.472 e. The summed E-state index contributed by atoms with van der Waals surface area (Å²) in [6, 6.07) is 13.4. The maximum atomic E-state index is 13.5. The number of likely N-dealkylation sites (N-methyl/N-ethyl adjacent to an activating group) is 1. The number of hydrogen-bond acceptors (Lipinski definition) is 4. The molecule has 3 aromatic rings. The minimum absolute atomic E-state index is 0.0354. The fourth-order valence-electron chi connectivity index (χ4n) is 2.69. The third-order valence-electron chi connectivity index (χ3n) is 4.31. The topological polar surface area (TPSA) is 74.6 Å². The zero-order chi connectivity index (χ0) is 21.7. The summed E-state index contributed by atoms with van der Waals surface area (Å²) in [6.45, 7) is -0.338. The molecule has 2 amide bonds. The van der Waals surface area contributed by atoms with Gasteiger partial charge in [-0.1, -0.05) is 18.2 Å². The number of halogens is 3. The number of carbonyl (C=O) groups excluding carboxylic acids is 2. The summed E-state index contributed by atoms with van der Waals surface area (Å²) in [6.07, 6.45) is -2.22. The predicted octanol–water partition coefficient (Wildman–Crippen LogP) is 4.63. The van der Waals surface area contributed by atoms with E-state index < -0.39 is 23.6 Å². The van der Waals surface area contributed by atoms with E-state index in [1.165, 1.54) is 35.6 Å². The Labute approximate surface area is 170 Å². The molecule has 1 heterocycles. The van der Waals surface area contributed by atoms with Gasteiger partial charge in [0.2, 0.25) is 5.91 Å².